The number of carbonyl (C=O) groups excluding carboxylic acids is 1. The first-order valence-corrected chi connectivity index (χ1v) is 8.33. The lowest BCUT2D eigenvalue weighted by Gasteiger charge is -2.11. The van der Waals surface area contributed by atoms with Crippen molar-refractivity contribution in [1.82, 2.24) is 4.98 Å². The number of ether oxygens (including phenoxy) is 1. The summed E-state index contributed by atoms with van der Waals surface area (Å²) in [7, 11) is 0. The van der Waals surface area contributed by atoms with E-state index in [1.807, 2.05) is 61.5 Å². The van der Waals surface area contributed by atoms with E-state index in [2.05, 4.69) is 6.92 Å². The van der Waals surface area contributed by atoms with E-state index in [0.717, 1.165) is 40.6 Å². The Hall–Kier alpha value is -2.68. The van der Waals surface area contributed by atoms with Gasteiger partial charge in [-0.2, -0.15) is 0 Å². The van der Waals surface area contributed by atoms with Gasteiger partial charge in [-0.15, -0.1) is 0 Å². The van der Waals surface area contributed by atoms with Crippen molar-refractivity contribution >= 4 is 16.9 Å². The van der Waals surface area contributed by atoms with E-state index in [0.29, 0.717) is 12.2 Å². The van der Waals surface area contributed by atoms with Crippen LogP contribution >= 0.6 is 0 Å². The number of nitrogens with zero attached hydrogens (tertiary/aromatic N) is 1. The molecular formula is C21H21NO2. The maximum Gasteiger partial charge on any atom is 0.338 e. The summed E-state index contributed by atoms with van der Waals surface area (Å²) >= 11 is 0. The number of unbranched alkanes of at least 4 members (excludes halogenated alkanes) is 1. The normalized spacial score (nSPS) is 10.8. The molecule has 0 spiro atoms. The van der Waals surface area contributed by atoms with E-state index in [1.54, 1.807) is 0 Å². The number of esters is 1. The molecule has 1 aromatic heterocycles. The minimum absolute atomic E-state index is 0.279. The Labute approximate surface area is 142 Å². The summed E-state index contributed by atoms with van der Waals surface area (Å²) in [5, 5.41) is 0.844. The second-order valence-electron chi connectivity index (χ2n) is 5.88. The fourth-order valence-electron chi connectivity index (χ4n) is 2.70. The van der Waals surface area contributed by atoms with E-state index < -0.39 is 0 Å². The minimum atomic E-state index is -0.279. The molecule has 0 saturated heterocycles. The summed E-state index contributed by atoms with van der Waals surface area (Å²) in [6.07, 6.45) is 1.87. The lowest BCUT2D eigenvalue weighted by Crippen LogP contribution is -2.08. The van der Waals surface area contributed by atoms with Crippen LogP contribution in [0.25, 0.3) is 22.2 Å². The number of para-hydroxylation sites is 1. The first-order chi connectivity index (χ1) is 11.7. The van der Waals surface area contributed by atoms with Gasteiger partial charge in [0.1, 0.15) is 0 Å². The number of aryl methyl sites for hydroxylation is 1. The Bertz CT molecular complexity index is 856. The first-order valence-electron chi connectivity index (χ1n) is 8.33. The predicted molar refractivity (Wildman–Crippen MR) is 97.1 cm³/mol. The molecule has 0 aliphatic carbocycles. The van der Waals surface area contributed by atoms with Gasteiger partial charge in [-0.25, -0.2) is 9.78 Å². The second kappa shape index (κ2) is 7.26. The Morgan fingerprint density at radius 2 is 1.88 bits per heavy atom. The maximum atomic E-state index is 12.6. The molecule has 2 aromatic carbocycles. The van der Waals surface area contributed by atoms with Gasteiger partial charge >= 0.3 is 5.97 Å². The van der Waals surface area contributed by atoms with Crippen LogP contribution in [0.1, 0.15) is 35.7 Å². The number of benzene rings is 2. The Morgan fingerprint density at radius 1 is 1.08 bits per heavy atom. The number of rotatable bonds is 5. The van der Waals surface area contributed by atoms with E-state index in [-0.39, 0.29) is 5.97 Å². The van der Waals surface area contributed by atoms with Crippen LogP contribution in [0.4, 0.5) is 0 Å². The molecule has 0 unspecified atom stereocenters. The molecule has 122 valence electrons. The quantitative estimate of drug-likeness (QED) is 0.481. The van der Waals surface area contributed by atoms with Crippen LogP contribution in [0.5, 0.6) is 0 Å². The Balaban J connectivity index is 2.12. The van der Waals surface area contributed by atoms with Crippen molar-refractivity contribution in [3.05, 3.63) is 65.7 Å². The minimum Gasteiger partial charge on any atom is -0.462 e. The van der Waals surface area contributed by atoms with Gasteiger partial charge in [-0.3, -0.25) is 0 Å². The first kappa shape index (κ1) is 16.2. The summed E-state index contributed by atoms with van der Waals surface area (Å²) < 4.78 is 5.44. The fourth-order valence-corrected chi connectivity index (χ4v) is 2.70. The Morgan fingerprint density at radius 3 is 2.62 bits per heavy atom. The van der Waals surface area contributed by atoms with Crippen LogP contribution in [0.2, 0.25) is 0 Å². The molecule has 0 aliphatic heterocycles. The number of carbonyl (C=O) groups is 1. The average Bonchev–Trinajstić information content (AvgIpc) is 2.62. The molecule has 0 amide bonds. The number of aromatic nitrogens is 1. The molecule has 3 rings (SSSR count). The lowest BCUT2D eigenvalue weighted by molar-refractivity contribution is 0.0502. The van der Waals surface area contributed by atoms with E-state index in [4.69, 9.17) is 9.72 Å². The van der Waals surface area contributed by atoms with Crippen LogP contribution in [0.3, 0.4) is 0 Å². The molecule has 3 heteroatoms. The SMILES string of the molecule is CCCCOC(=O)c1cc(-c2ccccc2)nc2c(C)cccc12. The topological polar surface area (TPSA) is 39.2 Å². The van der Waals surface area contributed by atoms with Crippen molar-refractivity contribution in [2.75, 3.05) is 6.61 Å². The van der Waals surface area contributed by atoms with E-state index in [1.165, 1.54) is 0 Å². The molecule has 0 bridgehead atoms. The van der Waals surface area contributed by atoms with Crippen molar-refractivity contribution in [2.45, 2.75) is 26.7 Å². The second-order valence-corrected chi connectivity index (χ2v) is 5.88. The zero-order chi connectivity index (χ0) is 16.9. The van der Waals surface area contributed by atoms with Gasteiger partial charge in [0.05, 0.1) is 23.4 Å². The molecule has 1 heterocycles. The van der Waals surface area contributed by atoms with Gasteiger partial charge in [-0.1, -0.05) is 61.9 Å². The third-order valence-electron chi connectivity index (χ3n) is 4.06. The van der Waals surface area contributed by atoms with Gasteiger partial charge in [0.25, 0.3) is 0 Å². The summed E-state index contributed by atoms with van der Waals surface area (Å²) in [5.41, 5.74) is 4.26. The van der Waals surface area contributed by atoms with Crippen LogP contribution in [0, 0.1) is 6.92 Å². The molecule has 24 heavy (non-hydrogen) atoms. The summed E-state index contributed by atoms with van der Waals surface area (Å²) in [6, 6.07) is 17.6. The largest absolute Gasteiger partial charge is 0.462 e. The van der Waals surface area contributed by atoms with E-state index >= 15 is 0 Å². The number of hydrogen-bond acceptors (Lipinski definition) is 3. The molecular weight excluding hydrogens is 298 g/mol. The molecule has 0 N–H and O–H groups in total. The standard InChI is InChI=1S/C21H21NO2/c1-3-4-13-24-21(23)18-14-19(16-10-6-5-7-11-16)22-20-15(2)9-8-12-17(18)20/h5-12,14H,3-4,13H2,1-2H3. The summed E-state index contributed by atoms with van der Waals surface area (Å²) in [6.45, 7) is 4.54. The van der Waals surface area contributed by atoms with Gasteiger partial charge in [0.15, 0.2) is 0 Å². The molecule has 0 atom stereocenters. The summed E-state index contributed by atoms with van der Waals surface area (Å²) in [5.74, 6) is -0.279. The number of hydrogen-bond donors (Lipinski definition) is 0. The fraction of sp³-hybridized carbons (Fsp3) is 0.238. The predicted octanol–water partition coefficient (Wildman–Crippen LogP) is 5.17. The molecule has 3 aromatic rings. The van der Waals surface area contributed by atoms with Crippen molar-refractivity contribution < 1.29 is 9.53 Å². The van der Waals surface area contributed by atoms with Gasteiger partial charge in [0, 0.05) is 10.9 Å². The average molecular weight is 319 g/mol. The zero-order valence-corrected chi connectivity index (χ0v) is 14.1. The third kappa shape index (κ3) is 3.30. The monoisotopic (exact) mass is 319 g/mol. The van der Waals surface area contributed by atoms with Crippen molar-refractivity contribution in [3.63, 3.8) is 0 Å². The maximum absolute atomic E-state index is 12.6. The number of pyridine rings is 1. The number of fused-ring (bicyclic) bond motifs is 1. The molecule has 3 nitrogen and oxygen atoms in total. The molecule has 0 radical (unpaired) electrons. The molecule has 0 fully saturated rings. The van der Waals surface area contributed by atoms with Crippen LogP contribution < -0.4 is 0 Å². The van der Waals surface area contributed by atoms with Crippen molar-refractivity contribution in [2.24, 2.45) is 0 Å². The molecule has 0 aliphatic rings. The highest BCUT2D eigenvalue weighted by Gasteiger charge is 2.16. The van der Waals surface area contributed by atoms with Crippen molar-refractivity contribution in [1.29, 1.82) is 0 Å². The molecule has 0 saturated carbocycles. The smallest absolute Gasteiger partial charge is 0.338 e. The zero-order valence-electron chi connectivity index (χ0n) is 14.1. The highest BCUT2D eigenvalue weighted by Crippen LogP contribution is 2.27. The highest BCUT2D eigenvalue weighted by molar-refractivity contribution is 6.05. The van der Waals surface area contributed by atoms with Gasteiger partial charge in [0.2, 0.25) is 0 Å². The van der Waals surface area contributed by atoms with Crippen LogP contribution in [-0.4, -0.2) is 17.6 Å². The third-order valence-corrected chi connectivity index (χ3v) is 4.06. The Kier molecular flexibility index (Phi) is 4.90. The van der Waals surface area contributed by atoms with Crippen LogP contribution in [0.15, 0.2) is 54.6 Å². The summed E-state index contributed by atoms with van der Waals surface area (Å²) in [4.78, 5) is 17.4. The lowest BCUT2D eigenvalue weighted by atomic mass is 10.0. The van der Waals surface area contributed by atoms with E-state index in [9.17, 15) is 4.79 Å². The van der Waals surface area contributed by atoms with Crippen LogP contribution in [-0.2, 0) is 4.74 Å². The highest BCUT2D eigenvalue weighted by atomic mass is 16.5. The van der Waals surface area contributed by atoms with Crippen molar-refractivity contribution in [3.8, 4) is 11.3 Å². The van der Waals surface area contributed by atoms with Gasteiger partial charge in [-0.05, 0) is 25.0 Å². The van der Waals surface area contributed by atoms with Gasteiger partial charge < -0.3 is 4.74 Å².